The number of hydrazone groups is 1. The molecule has 0 bridgehead atoms. The summed E-state index contributed by atoms with van der Waals surface area (Å²) in [5, 5.41) is 16.2. The van der Waals surface area contributed by atoms with Gasteiger partial charge in [0.1, 0.15) is 0 Å². The highest BCUT2D eigenvalue weighted by Crippen LogP contribution is 2.42. The molecule has 0 amide bonds. The molecule has 2 atom stereocenters. The van der Waals surface area contributed by atoms with E-state index in [-0.39, 0.29) is 23.4 Å². The number of benzene rings is 1. The number of nitro benzene ring substituents is 1. The van der Waals surface area contributed by atoms with Crippen LogP contribution in [0.15, 0.2) is 17.2 Å². The number of nitrogens with zero attached hydrogens (tertiary/aromatic N) is 3. The average molecular weight is 376 g/mol. The molecule has 1 aromatic rings. The highest BCUT2D eigenvalue weighted by molar-refractivity contribution is 5.90. The van der Waals surface area contributed by atoms with Crippen molar-refractivity contribution in [2.24, 2.45) is 11.0 Å². The predicted molar refractivity (Wildman–Crippen MR) is 104 cm³/mol. The van der Waals surface area contributed by atoms with Gasteiger partial charge in [0.15, 0.2) is 5.75 Å². The maximum atomic E-state index is 11.7. The summed E-state index contributed by atoms with van der Waals surface area (Å²) in [4.78, 5) is 13.7. The number of hydrogen-bond acceptors (Lipinski definition) is 7. The molecular weight excluding hydrogens is 348 g/mol. The van der Waals surface area contributed by atoms with Gasteiger partial charge in [-0.2, -0.15) is 5.10 Å². The van der Waals surface area contributed by atoms with E-state index in [4.69, 9.17) is 9.47 Å². The van der Waals surface area contributed by atoms with Crippen molar-refractivity contribution >= 4 is 11.4 Å². The molecule has 0 spiro atoms. The van der Waals surface area contributed by atoms with Crippen molar-refractivity contribution in [2.75, 3.05) is 32.8 Å². The lowest BCUT2D eigenvalue weighted by Gasteiger charge is -2.32. The Morgan fingerprint density at radius 3 is 2.81 bits per heavy atom. The number of nitro groups is 1. The van der Waals surface area contributed by atoms with Gasteiger partial charge in [-0.05, 0) is 31.5 Å². The summed E-state index contributed by atoms with van der Waals surface area (Å²) in [7, 11) is 0. The number of hydrogen-bond donors (Lipinski definition) is 1. The minimum absolute atomic E-state index is 0.0530. The van der Waals surface area contributed by atoms with E-state index in [0.717, 1.165) is 43.8 Å². The molecule has 0 aliphatic carbocycles. The lowest BCUT2D eigenvalue weighted by molar-refractivity contribution is -0.386. The Bertz CT molecular complexity index is 722. The molecule has 2 aliphatic rings. The molecule has 2 unspecified atom stereocenters. The van der Waals surface area contributed by atoms with Gasteiger partial charge < -0.3 is 19.8 Å². The molecule has 1 aromatic carbocycles. The molecule has 2 aliphatic heterocycles. The number of piperidine rings is 1. The van der Waals surface area contributed by atoms with E-state index < -0.39 is 4.92 Å². The third-order valence-electron chi connectivity index (χ3n) is 5.13. The normalized spacial score (nSPS) is 22.0. The first-order chi connectivity index (χ1) is 13.1. The first-order valence-electron chi connectivity index (χ1n) is 9.71. The quantitative estimate of drug-likeness (QED) is 0.554. The van der Waals surface area contributed by atoms with Crippen LogP contribution >= 0.6 is 0 Å². The van der Waals surface area contributed by atoms with E-state index in [1.54, 1.807) is 6.07 Å². The van der Waals surface area contributed by atoms with Crippen LogP contribution in [0, 0.1) is 16.0 Å². The highest BCUT2D eigenvalue weighted by atomic mass is 16.6. The van der Waals surface area contributed by atoms with Crippen molar-refractivity contribution < 1.29 is 14.4 Å². The number of likely N-dealkylation sites (tertiary alicyclic amines) is 1. The van der Waals surface area contributed by atoms with Gasteiger partial charge in [0.25, 0.3) is 0 Å². The van der Waals surface area contributed by atoms with Gasteiger partial charge in [-0.15, -0.1) is 0 Å². The van der Waals surface area contributed by atoms with Gasteiger partial charge in [-0.1, -0.05) is 13.8 Å². The van der Waals surface area contributed by atoms with Crippen LogP contribution < -0.4 is 14.9 Å². The zero-order valence-corrected chi connectivity index (χ0v) is 16.2. The smallest absolute Gasteiger partial charge is 0.315 e. The van der Waals surface area contributed by atoms with Crippen molar-refractivity contribution in [2.45, 2.75) is 39.7 Å². The van der Waals surface area contributed by atoms with E-state index in [2.05, 4.69) is 22.4 Å². The second kappa shape index (κ2) is 8.56. The summed E-state index contributed by atoms with van der Waals surface area (Å²) in [6, 6.07) is 3.38. The third-order valence-corrected chi connectivity index (χ3v) is 5.13. The highest BCUT2D eigenvalue weighted by Gasteiger charge is 2.38. The molecule has 0 saturated carbocycles. The summed E-state index contributed by atoms with van der Waals surface area (Å²) in [6.45, 7) is 9.69. The van der Waals surface area contributed by atoms with Gasteiger partial charge in [0, 0.05) is 37.2 Å². The molecule has 1 N–H and O–H groups in total. The maximum Gasteiger partial charge on any atom is 0.315 e. The summed E-state index contributed by atoms with van der Waals surface area (Å²) >= 11 is 0. The zero-order valence-electron chi connectivity index (χ0n) is 16.2. The Hall–Kier alpha value is -2.35. The molecule has 27 heavy (non-hydrogen) atoms. The van der Waals surface area contributed by atoms with Crippen molar-refractivity contribution in [3.8, 4) is 11.5 Å². The monoisotopic (exact) mass is 376 g/mol. The van der Waals surface area contributed by atoms with E-state index in [1.165, 1.54) is 0 Å². The fourth-order valence-electron chi connectivity index (χ4n) is 3.74. The van der Waals surface area contributed by atoms with Crippen LogP contribution in [0.4, 0.5) is 5.69 Å². The lowest BCUT2D eigenvalue weighted by atomic mass is 9.86. The van der Waals surface area contributed by atoms with Gasteiger partial charge >= 0.3 is 5.69 Å². The molecule has 3 rings (SSSR count). The summed E-state index contributed by atoms with van der Waals surface area (Å²) in [5.41, 5.74) is 5.11. The molecule has 0 radical (unpaired) electrons. The van der Waals surface area contributed by atoms with Crippen molar-refractivity contribution in [3.05, 3.63) is 27.8 Å². The minimum Gasteiger partial charge on any atom is -0.490 e. The molecule has 0 aromatic heterocycles. The summed E-state index contributed by atoms with van der Waals surface area (Å²) < 4.78 is 11.4. The number of ether oxygens (including phenoxy) is 2. The Morgan fingerprint density at radius 1 is 1.33 bits per heavy atom. The topological polar surface area (TPSA) is 89.2 Å². The maximum absolute atomic E-state index is 11.7. The zero-order chi connectivity index (χ0) is 19.4. The van der Waals surface area contributed by atoms with Crippen LogP contribution in [-0.2, 0) is 0 Å². The fourth-order valence-corrected chi connectivity index (χ4v) is 3.74. The van der Waals surface area contributed by atoms with Crippen LogP contribution in [0.5, 0.6) is 11.5 Å². The summed E-state index contributed by atoms with van der Waals surface area (Å²) in [5.74, 6) is 0.856. The minimum atomic E-state index is -0.396. The standard InChI is InChI=1S/C19H28N4O4/c1-4-9-27-19-16(23(24)25)10-13(11-17(19)26-6-3)18-14-12-22(5-2)8-7-15(14)20-21-18/h10-11,14,18,21H,4-9,12H2,1-3H3. The largest absolute Gasteiger partial charge is 0.490 e. The molecular formula is C19H28N4O4. The van der Waals surface area contributed by atoms with Crippen LogP contribution in [0.25, 0.3) is 0 Å². The fraction of sp³-hybridized carbons (Fsp3) is 0.632. The van der Waals surface area contributed by atoms with Crippen LogP contribution in [0.1, 0.15) is 45.2 Å². The van der Waals surface area contributed by atoms with Gasteiger partial charge in [-0.25, -0.2) is 0 Å². The summed E-state index contributed by atoms with van der Waals surface area (Å²) in [6.07, 6.45) is 1.70. The van der Waals surface area contributed by atoms with Gasteiger partial charge in [-0.3, -0.25) is 10.1 Å². The van der Waals surface area contributed by atoms with Crippen LogP contribution in [0.3, 0.4) is 0 Å². The molecule has 148 valence electrons. The lowest BCUT2D eigenvalue weighted by Crippen LogP contribution is -2.41. The Balaban J connectivity index is 1.96. The second-order valence-corrected chi connectivity index (χ2v) is 6.87. The van der Waals surface area contributed by atoms with Crippen molar-refractivity contribution in [1.82, 2.24) is 10.3 Å². The molecule has 8 nitrogen and oxygen atoms in total. The average Bonchev–Trinajstić information content (AvgIpc) is 3.09. The molecule has 1 saturated heterocycles. The SMILES string of the molecule is CCCOc1c(OCC)cc(C2NN=C3CCN(CC)CC32)cc1[N+](=O)[O-]. The Labute approximate surface area is 159 Å². The number of nitrogens with one attached hydrogen (secondary N) is 1. The van der Waals surface area contributed by atoms with E-state index in [0.29, 0.717) is 19.0 Å². The Morgan fingerprint density at radius 2 is 2.15 bits per heavy atom. The number of rotatable bonds is 8. The third kappa shape index (κ3) is 4.00. The molecule has 1 fully saturated rings. The van der Waals surface area contributed by atoms with E-state index in [9.17, 15) is 10.1 Å². The van der Waals surface area contributed by atoms with Gasteiger partial charge in [0.05, 0.1) is 24.2 Å². The number of fused-ring (bicyclic) bond motifs is 1. The Kier molecular flexibility index (Phi) is 6.15. The van der Waals surface area contributed by atoms with E-state index in [1.807, 2.05) is 19.9 Å². The van der Waals surface area contributed by atoms with E-state index >= 15 is 0 Å². The van der Waals surface area contributed by atoms with Crippen molar-refractivity contribution in [1.29, 1.82) is 0 Å². The van der Waals surface area contributed by atoms with Crippen molar-refractivity contribution in [3.63, 3.8) is 0 Å². The first-order valence-corrected chi connectivity index (χ1v) is 9.71. The van der Waals surface area contributed by atoms with Crippen LogP contribution in [-0.4, -0.2) is 48.4 Å². The first kappa shape index (κ1) is 19.4. The second-order valence-electron chi connectivity index (χ2n) is 6.87. The molecule has 8 heteroatoms. The predicted octanol–water partition coefficient (Wildman–Crippen LogP) is 3.12. The van der Waals surface area contributed by atoms with Crippen LogP contribution in [0.2, 0.25) is 0 Å². The van der Waals surface area contributed by atoms with Gasteiger partial charge in [0.2, 0.25) is 5.75 Å². The molecule has 2 heterocycles.